The van der Waals surface area contributed by atoms with E-state index in [1.165, 1.54) is 0 Å². The number of halogens is 1. The highest BCUT2D eigenvalue weighted by atomic mass is 79.9. The molecule has 3 aromatic rings. The van der Waals surface area contributed by atoms with E-state index in [0.717, 1.165) is 19.9 Å². The Balaban J connectivity index is 1.65. The van der Waals surface area contributed by atoms with Crippen molar-refractivity contribution in [2.75, 3.05) is 6.61 Å². The van der Waals surface area contributed by atoms with Gasteiger partial charge in [-0.2, -0.15) is 0 Å². The Kier molecular flexibility index (Phi) is 6.88. The Morgan fingerprint density at radius 2 is 2.04 bits per heavy atom. The SMILES string of the molecule is CCOC(CC(=O)O)c1ccc(OCc2nc(-c3ccc(Br)s3)oc2C)cc1. The quantitative estimate of drug-likeness (QED) is 0.442. The van der Waals surface area contributed by atoms with Gasteiger partial charge in [0.25, 0.3) is 0 Å². The molecule has 2 heterocycles. The second-order valence-corrected chi connectivity index (χ2v) is 8.49. The molecule has 0 aliphatic carbocycles. The minimum atomic E-state index is -0.895. The number of benzene rings is 1. The zero-order chi connectivity index (χ0) is 20.1. The molecule has 3 rings (SSSR count). The lowest BCUT2D eigenvalue weighted by Crippen LogP contribution is -2.10. The third-order valence-electron chi connectivity index (χ3n) is 4.03. The van der Waals surface area contributed by atoms with Crippen molar-refractivity contribution < 1.29 is 23.8 Å². The van der Waals surface area contributed by atoms with Gasteiger partial charge in [0, 0.05) is 6.61 Å². The lowest BCUT2D eigenvalue weighted by molar-refractivity contribution is -0.140. The number of carbonyl (C=O) groups is 1. The van der Waals surface area contributed by atoms with Crippen LogP contribution in [-0.4, -0.2) is 22.7 Å². The number of carboxylic acid groups (broad SMARTS) is 1. The molecule has 0 aliphatic rings. The number of aliphatic carboxylic acids is 1. The Morgan fingerprint density at radius 1 is 1.29 bits per heavy atom. The summed E-state index contributed by atoms with van der Waals surface area (Å²) in [5, 5.41) is 9.03. The average Bonchev–Trinajstić information content (AvgIpc) is 3.25. The number of oxazole rings is 1. The predicted octanol–water partition coefficient (Wildman–Crippen LogP) is 5.61. The smallest absolute Gasteiger partial charge is 0.306 e. The highest BCUT2D eigenvalue weighted by Gasteiger charge is 2.16. The van der Waals surface area contributed by atoms with Gasteiger partial charge in [0.05, 0.1) is 21.2 Å². The van der Waals surface area contributed by atoms with E-state index in [2.05, 4.69) is 20.9 Å². The lowest BCUT2D eigenvalue weighted by Gasteiger charge is -2.15. The Labute approximate surface area is 175 Å². The molecule has 28 heavy (non-hydrogen) atoms. The van der Waals surface area contributed by atoms with Gasteiger partial charge >= 0.3 is 5.97 Å². The van der Waals surface area contributed by atoms with Crippen LogP contribution in [0.1, 0.15) is 36.5 Å². The molecule has 1 N–H and O–H groups in total. The van der Waals surface area contributed by atoms with Gasteiger partial charge in [-0.3, -0.25) is 4.79 Å². The van der Waals surface area contributed by atoms with Crippen LogP contribution in [0, 0.1) is 6.92 Å². The van der Waals surface area contributed by atoms with Gasteiger partial charge in [-0.1, -0.05) is 12.1 Å². The Morgan fingerprint density at radius 3 is 2.64 bits per heavy atom. The fourth-order valence-corrected chi connectivity index (χ4v) is 3.97. The third kappa shape index (κ3) is 5.21. The maximum Gasteiger partial charge on any atom is 0.306 e. The molecule has 8 heteroatoms. The van der Waals surface area contributed by atoms with Crippen LogP contribution in [0.2, 0.25) is 0 Å². The summed E-state index contributed by atoms with van der Waals surface area (Å²) in [6, 6.07) is 11.2. The first-order valence-electron chi connectivity index (χ1n) is 8.74. The largest absolute Gasteiger partial charge is 0.487 e. The van der Waals surface area contributed by atoms with Gasteiger partial charge in [0.2, 0.25) is 5.89 Å². The Hall–Kier alpha value is -2.16. The summed E-state index contributed by atoms with van der Waals surface area (Å²) in [5.74, 6) is 1.07. The van der Waals surface area contributed by atoms with Crippen molar-refractivity contribution >= 4 is 33.2 Å². The van der Waals surface area contributed by atoms with Crippen molar-refractivity contribution in [2.45, 2.75) is 33.0 Å². The summed E-state index contributed by atoms with van der Waals surface area (Å²) < 4.78 is 18.1. The topological polar surface area (TPSA) is 81.8 Å². The molecule has 0 spiro atoms. The monoisotopic (exact) mass is 465 g/mol. The second-order valence-electron chi connectivity index (χ2n) is 6.03. The molecule has 148 valence electrons. The van der Waals surface area contributed by atoms with Gasteiger partial charge < -0.3 is 19.0 Å². The summed E-state index contributed by atoms with van der Waals surface area (Å²) in [5.41, 5.74) is 1.54. The molecule has 1 unspecified atom stereocenters. The van der Waals surface area contributed by atoms with E-state index in [4.69, 9.17) is 19.0 Å². The molecule has 0 saturated heterocycles. The molecule has 2 aromatic heterocycles. The molecule has 1 aromatic carbocycles. The molecular formula is C20H20BrNO5S. The number of thiophene rings is 1. The summed E-state index contributed by atoms with van der Waals surface area (Å²) >= 11 is 4.99. The number of aryl methyl sites for hydroxylation is 1. The molecule has 0 radical (unpaired) electrons. The van der Waals surface area contributed by atoms with Crippen LogP contribution in [0.3, 0.4) is 0 Å². The predicted molar refractivity (Wildman–Crippen MR) is 110 cm³/mol. The Bertz CT molecular complexity index is 934. The molecule has 6 nitrogen and oxygen atoms in total. The van der Waals surface area contributed by atoms with E-state index >= 15 is 0 Å². The van der Waals surface area contributed by atoms with Gasteiger partial charge in [-0.15, -0.1) is 11.3 Å². The number of carboxylic acids is 1. The van der Waals surface area contributed by atoms with E-state index in [1.54, 1.807) is 23.5 Å². The van der Waals surface area contributed by atoms with E-state index < -0.39 is 12.1 Å². The minimum Gasteiger partial charge on any atom is -0.487 e. The van der Waals surface area contributed by atoms with Crippen molar-refractivity contribution in [3.63, 3.8) is 0 Å². The van der Waals surface area contributed by atoms with Gasteiger partial charge in [-0.25, -0.2) is 4.98 Å². The van der Waals surface area contributed by atoms with Gasteiger partial charge in [-0.05, 0) is 59.6 Å². The fourth-order valence-electron chi connectivity index (χ4n) is 2.66. The van der Waals surface area contributed by atoms with Crippen molar-refractivity contribution in [3.8, 4) is 16.5 Å². The average molecular weight is 466 g/mol. The van der Waals surface area contributed by atoms with E-state index in [9.17, 15) is 4.79 Å². The zero-order valence-electron chi connectivity index (χ0n) is 15.5. The first-order chi connectivity index (χ1) is 13.5. The van der Waals surface area contributed by atoms with E-state index in [1.807, 2.05) is 38.1 Å². The number of ether oxygens (including phenoxy) is 2. The van der Waals surface area contributed by atoms with Crippen LogP contribution < -0.4 is 4.74 Å². The maximum absolute atomic E-state index is 11.0. The van der Waals surface area contributed by atoms with Crippen LogP contribution in [0.5, 0.6) is 5.75 Å². The second kappa shape index (κ2) is 9.36. The number of aromatic nitrogens is 1. The van der Waals surface area contributed by atoms with Crippen LogP contribution in [0.4, 0.5) is 0 Å². The van der Waals surface area contributed by atoms with Gasteiger partial charge in [0.15, 0.2) is 0 Å². The summed E-state index contributed by atoms with van der Waals surface area (Å²) in [4.78, 5) is 16.5. The lowest BCUT2D eigenvalue weighted by atomic mass is 10.1. The summed E-state index contributed by atoms with van der Waals surface area (Å²) in [7, 11) is 0. The van der Waals surface area contributed by atoms with Crippen LogP contribution in [-0.2, 0) is 16.1 Å². The number of nitrogens with zero attached hydrogens (tertiary/aromatic N) is 1. The van der Waals surface area contributed by atoms with Crippen molar-refractivity contribution in [1.29, 1.82) is 0 Å². The van der Waals surface area contributed by atoms with Crippen molar-refractivity contribution in [3.05, 3.63) is 57.2 Å². The highest BCUT2D eigenvalue weighted by Crippen LogP contribution is 2.32. The van der Waals surface area contributed by atoms with Crippen molar-refractivity contribution in [2.24, 2.45) is 0 Å². The first kappa shape index (κ1) is 20.6. The summed E-state index contributed by atoms with van der Waals surface area (Å²) in [6.45, 7) is 4.44. The molecule has 0 aliphatic heterocycles. The molecule has 0 bridgehead atoms. The molecule has 0 saturated carbocycles. The van der Waals surface area contributed by atoms with E-state index in [-0.39, 0.29) is 13.0 Å². The number of rotatable bonds is 9. The summed E-state index contributed by atoms with van der Waals surface area (Å²) in [6.07, 6.45) is -0.546. The molecule has 0 amide bonds. The zero-order valence-corrected chi connectivity index (χ0v) is 17.9. The highest BCUT2D eigenvalue weighted by molar-refractivity contribution is 9.11. The van der Waals surface area contributed by atoms with E-state index in [0.29, 0.717) is 24.0 Å². The third-order valence-corrected chi connectivity index (χ3v) is 5.64. The number of hydrogen-bond acceptors (Lipinski definition) is 6. The number of hydrogen-bond donors (Lipinski definition) is 1. The fraction of sp³-hybridized carbons (Fsp3) is 0.300. The standard InChI is InChI=1S/C20H20BrNO5S/c1-3-25-16(10-19(23)24)13-4-6-14(7-5-13)26-11-15-12(2)27-20(22-15)17-8-9-18(21)28-17/h4-9,16H,3,10-11H2,1-2H3,(H,23,24). The minimum absolute atomic E-state index is 0.0756. The van der Waals surface area contributed by atoms with Crippen LogP contribution in [0.25, 0.3) is 10.8 Å². The van der Waals surface area contributed by atoms with Crippen LogP contribution >= 0.6 is 27.3 Å². The normalized spacial score (nSPS) is 12.1. The molecule has 1 atom stereocenters. The molecule has 0 fully saturated rings. The van der Waals surface area contributed by atoms with Gasteiger partial charge in [0.1, 0.15) is 23.8 Å². The van der Waals surface area contributed by atoms with Crippen LogP contribution in [0.15, 0.2) is 44.6 Å². The van der Waals surface area contributed by atoms with Crippen molar-refractivity contribution in [1.82, 2.24) is 4.98 Å². The molecular weight excluding hydrogens is 446 g/mol. The first-order valence-corrected chi connectivity index (χ1v) is 10.4. The maximum atomic E-state index is 11.0.